The largest absolute Gasteiger partial charge is 0.422 e. The molecule has 0 saturated carbocycles. The van der Waals surface area contributed by atoms with E-state index in [0.717, 1.165) is 12.1 Å². The Labute approximate surface area is 105 Å². The molecular weight excluding hydrogens is 226 g/mol. The predicted octanol–water partition coefficient (Wildman–Crippen LogP) is 2.86. The minimum Gasteiger partial charge on any atom is -0.422 e. The van der Waals surface area contributed by atoms with E-state index in [4.69, 9.17) is 4.42 Å². The van der Waals surface area contributed by atoms with Crippen molar-refractivity contribution in [1.29, 1.82) is 0 Å². The van der Waals surface area contributed by atoms with Crippen LogP contribution in [0.2, 0.25) is 0 Å². The molecule has 0 aliphatic rings. The standard InChI is InChI=1S/C14H13N3O/c1-17(10-11-5-3-2-4-6-11)14-16-12-7-8-15-9-13(12)18-14/h2-9H,10H2,1H3. The highest BCUT2D eigenvalue weighted by molar-refractivity contribution is 5.73. The quantitative estimate of drug-likeness (QED) is 0.704. The van der Waals surface area contributed by atoms with Gasteiger partial charge in [-0.3, -0.25) is 4.98 Å². The fourth-order valence-corrected chi connectivity index (χ4v) is 1.86. The summed E-state index contributed by atoms with van der Waals surface area (Å²) in [5.74, 6) is 0. The zero-order valence-corrected chi connectivity index (χ0v) is 10.1. The summed E-state index contributed by atoms with van der Waals surface area (Å²) in [5.41, 5.74) is 2.77. The van der Waals surface area contributed by atoms with Crippen LogP contribution in [0.3, 0.4) is 0 Å². The van der Waals surface area contributed by atoms with Gasteiger partial charge in [0, 0.05) is 19.8 Å². The highest BCUT2D eigenvalue weighted by atomic mass is 16.4. The van der Waals surface area contributed by atoms with Gasteiger partial charge in [-0.1, -0.05) is 30.3 Å². The van der Waals surface area contributed by atoms with Crippen LogP contribution in [0.15, 0.2) is 53.2 Å². The van der Waals surface area contributed by atoms with Crippen LogP contribution >= 0.6 is 0 Å². The van der Waals surface area contributed by atoms with Gasteiger partial charge in [0.05, 0.1) is 6.20 Å². The van der Waals surface area contributed by atoms with E-state index in [1.807, 2.05) is 36.2 Å². The summed E-state index contributed by atoms with van der Waals surface area (Å²) in [6, 6.07) is 12.7. The van der Waals surface area contributed by atoms with Crippen LogP contribution in [0.4, 0.5) is 6.01 Å². The maximum absolute atomic E-state index is 5.65. The van der Waals surface area contributed by atoms with Crippen molar-refractivity contribution in [1.82, 2.24) is 9.97 Å². The fraction of sp³-hybridized carbons (Fsp3) is 0.143. The van der Waals surface area contributed by atoms with Crippen LogP contribution in [-0.4, -0.2) is 17.0 Å². The van der Waals surface area contributed by atoms with Crippen molar-refractivity contribution in [3.8, 4) is 0 Å². The second-order valence-electron chi connectivity index (χ2n) is 4.18. The number of benzene rings is 1. The first-order valence-electron chi connectivity index (χ1n) is 5.78. The average Bonchev–Trinajstić information content (AvgIpc) is 2.84. The normalized spacial score (nSPS) is 10.7. The Morgan fingerprint density at radius 1 is 1.17 bits per heavy atom. The Hall–Kier alpha value is -2.36. The molecule has 4 nitrogen and oxygen atoms in total. The molecule has 0 N–H and O–H groups in total. The second-order valence-corrected chi connectivity index (χ2v) is 4.18. The van der Waals surface area contributed by atoms with Gasteiger partial charge in [0.25, 0.3) is 6.01 Å². The summed E-state index contributed by atoms with van der Waals surface area (Å²) in [6.07, 6.45) is 3.40. The second kappa shape index (κ2) is 4.49. The molecule has 0 aliphatic heterocycles. The minimum absolute atomic E-state index is 0.613. The molecule has 18 heavy (non-hydrogen) atoms. The van der Waals surface area contributed by atoms with Gasteiger partial charge in [-0.2, -0.15) is 4.98 Å². The molecule has 2 heterocycles. The molecule has 3 aromatic rings. The van der Waals surface area contributed by atoms with Crippen molar-refractivity contribution in [2.24, 2.45) is 0 Å². The van der Waals surface area contributed by atoms with E-state index < -0.39 is 0 Å². The molecular formula is C14H13N3O. The molecule has 2 aromatic heterocycles. The van der Waals surface area contributed by atoms with E-state index in [1.165, 1.54) is 5.56 Å². The number of fused-ring (bicyclic) bond motifs is 1. The number of oxazole rings is 1. The van der Waals surface area contributed by atoms with Gasteiger partial charge in [-0.15, -0.1) is 0 Å². The molecule has 0 radical (unpaired) electrons. The summed E-state index contributed by atoms with van der Waals surface area (Å²) in [6.45, 7) is 0.765. The van der Waals surface area contributed by atoms with Gasteiger partial charge in [0.1, 0.15) is 5.52 Å². The number of rotatable bonds is 3. The van der Waals surface area contributed by atoms with Crippen molar-refractivity contribution in [3.63, 3.8) is 0 Å². The number of aromatic nitrogens is 2. The van der Waals surface area contributed by atoms with Crippen LogP contribution in [-0.2, 0) is 6.54 Å². The van der Waals surface area contributed by atoms with E-state index >= 15 is 0 Å². The number of hydrogen-bond acceptors (Lipinski definition) is 4. The third-order valence-electron chi connectivity index (χ3n) is 2.77. The monoisotopic (exact) mass is 239 g/mol. The molecule has 0 amide bonds. The topological polar surface area (TPSA) is 42.2 Å². The first-order valence-corrected chi connectivity index (χ1v) is 5.78. The maximum Gasteiger partial charge on any atom is 0.298 e. The zero-order valence-electron chi connectivity index (χ0n) is 10.1. The van der Waals surface area contributed by atoms with Gasteiger partial charge in [-0.05, 0) is 11.6 Å². The van der Waals surface area contributed by atoms with E-state index in [0.29, 0.717) is 11.6 Å². The lowest BCUT2D eigenvalue weighted by Crippen LogP contribution is -2.16. The Bertz CT molecular complexity index is 615. The van der Waals surface area contributed by atoms with Crippen molar-refractivity contribution in [2.75, 3.05) is 11.9 Å². The van der Waals surface area contributed by atoms with E-state index in [9.17, 15) is 0 Å². The van der Waals surface area contributed by atoms with Gasteiger partial charge < -0.3 is 9.32 Å². The van der Waals surface area contributed by atoms with Crippen molar-refractivity contribution in [3.05, 3.63) is 54.4 Å². The predicted molar refractivity (Wildman–Crippen MR) is 70.4 cm³/mol. The van der Waals surface area contributed by atoms with Gasteiger partial charge in [0.15, 0.2) is 5.58 Å². The van der Waals surface area contributed by atoms with E-state index in [2.05, 4.69) is 22.1 Å². The molecule has 3 rings (SSSR count). The number of pyridine rings is 1. The average molecular weight is 239 g/mol. The molecule has 4 heteroatoms. The van der Waals surface area contributed by atoms with Gasteiger partial charge in [0.2, 0.25) is 0 Å². The first kappa shape index (κ1) is 10.8. The molecule has 0 unspecified atom stereocenters. The molecule has 0 spiro atoms. The van der Waals surface area contributed by atoms with Crippen LogP contribution < -0.4 is 4.90 Å². The van der Waals surface area contributed by atoms with Crippen LogP contribution in [0, 0.1) is 0 Å². The Balaban J connectivity index is 1.86. The van der Waals surface area contributed by atoms with Gasteiger partial charge >= 0.3 is 0 Å². The number of hydrogen-bond donors (Lipinski definition) is 0. The van der Waals surface area contributed by atoms with Crippen LogP contribution in [0.25, 0.3) is 11.1 Å². The highest BCUT2D eigenvalue weighted by Crippen LogP contribution is 2.20. The van der Waals surface area contributed by atoms with Crippen molar-refractivity contribution < 1.29 is 4.42 Å². The van der Waals surface area contributed by atoms with Crippen LogP contribution in [0.1, 0.15) is 5.56 Å². The molecule has 1 aromatic carbocycles. The first-order chi connectivity index (χ1) is 8.83. The molecule has 0 bridgehead atoms. The number of anilines is 1. The Kier molecular flexibility index (Phi) is 2.68. The maximum atomic E-state index is 5.65. The molecule has 90 valence electrons. The summed E-state index contributed by atoms with van der Waals surface area (Å²) in [4.78, 5) is 10.4. The fourth-order valence-electron chi connectivity index (χ4n) is 1.86. The van der Waals surface area contributed by atoms with Gasteiger partial charge in [-0.25, -0.2) is 0 Å². The molecule has 0 atom stereocenters. The summed E-state index contributed by atoms with van der Waals surface area (Å²) in [5, 5.41) is 0. The Morgan fingerprint density at radius 2 is 2.00 bits per heavy atom. The number of nitrogens with zero attached hydrogens (tertiary/aromatic N) is 3. The van der Waals surface area contributed by atoms with Crippen molar-refractivity contribution in [2.45, 2.75) is 6.54 Å². The van der Waals surface area contributed by atoms with E-state index in [-0.39, 0.29) is 0 Å². The summed E-state index contributed by atoms with van der Waals surface area (Å²) >= 11 is 0. The summed E-state index contributed by atoms with van der Waals surface area (Å²) in [7, 11) is 1.96. The van der Waals surface area contributed by atoms with E-state index in [1.54, 1.807) is 12.4 Å². The lowest BCUT2D eigenvalue weighted by atomic mass is 10.2. The van der Waals surface area contributed by atoms with Crippen LogP contribution in [0.5, 0.6) is 0 Å². The summed E-state index contributed by atoms with van der Waals surface area (Å²) < 4.78 is 5.65. The molecule has 0 fully saturated rings. The third-order valence-corrected chi connectivity index (χ3v) is 2.77. The lowest BCUT2D eigenvalue weighted by Gasteiger charge is -2.13. The zero-order chi connectivity index (χ0) is 12.4. The highest BCUT2D eigenvalue weighted by Gasteiger charge is 2.10. The minimum atomic E-state index is 0.613. The lowest BCUT2D eigenvalue weighted by molar-refractivity contribution is 0.581. The smallest absolute Gasteiger partial charge is 0.298 e. The molecule has 0 saturated heterocycles. The SMILES string of the molecule is CN(Cc1ccccc1)c1nc2ccncc2o1. The third kappa shape index (κ3) is 2.05. The van der Waals surface area contributed by atoms with Crippen molar-refractivity contribution >= 4 is 17.1 Å². The Morgan fingerprint density at radius 3 is 2.78 bits per heavy atom. The molecule has 0 aliphatic carbocycles.